The number of hydrogen-bond donors (Lipinski definition) is 0. The number of aromatic nitrogens is 3. The van der Waals surface area contributed by atoms with Crippen molar-refractivity contribution in [2.45, 2.75) is 0 Å². The van der Waals surface area contributed by atoms with Gasteiger partial charge in [0.05, 0.1) is 16.6 Å². The summed E-state index contributed by atoms with van der Waals surface area (Å²) in [4.78, 5) is 10.3. The number of para-hydroxylation sites is 2. The van der Waals surface area contributed by atoms with Gasteiger partial charge < -0.3 is 0 Å². The number of rotatable bonds is 2. The third-order valence-corrected chi connectivity index (χ3v) is 7.34. The van der Waals surface area contributed by atoms with Gasteiger partial charge in [-0.3, -0.25) is 4.57 Å². The van der Waals surface area contributed by atoms with Crippen molar-refractivity contribution in [3.05, 3.63) is 127 Å². The van der Waals surface area contributed by atoms with E-state index >= 15 is 0 Å². The third kappa shape index (κ3) is 3.08. The highest BCUT2D eigenvalue weighted by Gasteiger charge is 2.18. The summed E-state index contributed by atoms with van der Waals surface area (Å²) in [5, 5.41) is 8.32. The minimum Gasteiger partial charge on any atom is -0.293 e. The van der Waals surface area contributed by atoms with Gasteiger partial charge in [-0.2, -0.15) is 0 Å². The molecule has 8 aromatic rings. The molecule has 0 spiro atoms. The maximum Gasteiger partial charge on any atom is 0.162 e. The highest BCUT2D eigenvalue weighted by Crippen LogP contribution is 2.36. The van der Waals surface area contributed by atoms with Crippen molar-refractivity contribution in [2.24, 2.45) is 0 Å². The van der Waals surface area contributed by atoms with Crippen molar-refractivity contribution < 1.29 is 0 Å². The van der Waals surface area contributed by atoms with Crippen LogP contribution in [0.2, 0.25) is 0 Å². The van der Waals surface area contributed by atoms with Crippen molar-refractivity contribution in [1.29, 1.82) is 0 Å². The van der Waals surface area contributed by atoms with Crippen LogP contribution < -0.4 is 0 Å². The van der Waals surface area contributed by atoms with Gasteiger partial charge in [-0.15, -0.1) is 0 Å². The minimum absolute atomic E-state index is 0.728. The van der Waals surface area contributed by atoms with Crippen LogP contribution in [0.3, 0.4) is 0 Å². The number of hydrogen-bond acceptors (Lipinski definition) is 2. The first kappa shape index (κ1) is 20.2. The van der Waals surface area contributed by atoms with Crippen LogP contribution in [0.25, 0.3) is 71.5 Å². The van der Waals surface area contributed by atoms with Crippen LogP contribution in [0, 0.1) is 0 Å². The van der Waals surface area contributed by atoms with Gasteiger partial charge in [0, 0.05) is 21.7 Å². The molecule has 37 heavy (non-hydrogen) atoms. The van der Waals surface area contributed by atoms with Gasteiger partial charge in [0.2, 0.25) is 0 Å². The molecule has 6 aromatic carbocycles. The first-order chi connectivity index (χ1) is 18.3. The lowest BCUT2D eigenvalue weighted by Gasteiger charge is -2.13. The quantitative estimate of drug-likeness (QED) is 0.252. The summed E-state index contributed by atoms with van der Waals surface area (Å²) in [6, 6.07) is 44.9. The van der Waals surface area contributed by atoms with Gasteiger partial charge >= 0.3 is 0 Å². The van der Waals surface area contributed by atoms with Crippen molar-refractivity contribution in [3.8, 4) is 17.2 Å². The monoisotopic (exact) mass is 471 g/mol. The largest absolute Gasteiger partial charge is 0.293 e. The number of benzene rings is 6. The molecule has 0 aliphatic carbocycles. The molecule has 0 aliphatic rings. The predicted octanol–water partition coefficient (Wildman–Crippen LogP) is 8.70. The van der Waals surface area contributed by atoms with Crippen molar-refractivity contribution in [2.75, 3.05) is 0 Å². The summed E-state index contributed by atoms with van der Waals surface area (Å²) in [6.45, 7) is 0. The Bertz CT molecular complexity index is 2150. The first-order valence-electron chi connectivity index (χ1n) is 12.5. The van der Waals surface area contributed by atoms with Crippen LogP contribution in [0.5, 0.6) is 0 Å². The van der Waals surface area contributed by atoms with Crippen LogP contribution >= 0.6 is 0 Å². The second-order valence-electron chi connectivity index (χ2n) is 9.52. The van der Waals surface area contributed by atoms with Crippen LogP contribution in [-0.2, 0) is 0 Å². The Balaban J connectivity index is 1.49. The Morgan fingerprint density at radius 1 is 0.432 bits per heavy atom. The fraction of sp³-hybridized carbons (Fsp3) is 0. The summed E-state index contributed by atoms with van der Waals surface area (Å²) < 4.78 is 2.31. The summed E-state index contributed by atoms with van der Waals surface area (Å²) in [6.07, 6.45) is 0. The van der Waals surface area contributed by atoms with Crippen molar-refractivity contribution in [3.63, 3.8) is 0 Å². The Labute approximate surface area is 213 Å². The van der Waals surface area contributed by atoms with E-state index in [2.05, 4.69) is 126 Å². The highest BCUT2D eigenvalue weighted by atomic mass is 15.1. The fourth-order valence-electron chi connectivity index (χ4n) is 5.57. The molecule has 3 heteroatoms. The molecule has 0 saturated carbocycles. The van der Waals surface area contributed by atoms with E-state index in [1.165, 1.54) is 32.3 Å². The molecule has 2 aromatic heterocycles. The Hall–Kier alpha value is -5.02. The molecule has 3 nitrogen and oxygen atoms in total. The number of fused-ring (bicyclic) bond motifs is 6. The van der Waals surface area contributed by atoms with Gasteiger partial charge in [-0.25, -0.2) is 9.97 Å². The maximum absolute atomic E-state index is 5.25. The smallest absolute Gasteiger partial charge is 0.162 e. The van der Waals surface area contributed by atoms with Gasteiger partial charge in [0.1, 0.15) is 5.82 Å². The van der Waals surface area contributed by atoms with Crippen LogP contribution in [0.15, 0.2) is 127 Å². The summed E-state index contributed by atoms with van der Waals surface area (Å²) in [5.41, 5.74) is 4.23. The van der Waals surface area contributed by atoms with Crippen molar-refractivity contribution >= 4 is 54.3 Å². The van der Waals surface area contributed by atoms with E-state index in [1.54, 1.807) is 0 Å². The predicted molar refractivity (Wildman–Crippen MR) is 154 cm³/mol. The minimum atomic E-state index is 0.728. The summed E-state index contributed by atoms with van der Waals surface area (Å²) >= 11 is 0. The van der Waals surface area contributed by atoms with Crippen LogP contribution in [-0.4, -0.2) is 14.5 Å². The van der Waals surface area contributed by atoms with E-state index < -0.39 is 0 Å². The average Bonchev–Trinajstić information content (AvgIpc) is 3.28. The normalized spacial score (nSPS) is 11.8. The van der Waals surface area contributed by atoms with Gasteiger partial charge in [-0.05, 0) is 57.9 Å². The second-order valence-corrected chi connectivity index (χ2v) is 9.52. The topological polar surface area (TPSA) is 30.7 Å². The Morgan fingerprint density at radius 3 is 1.92 bits per heavy atom. The maximum atomic E-state index is 5.25. The SMILES string of the molecule is c1ccc2cc(-c3nc(-n4c5ccccc5c5cc6ccccc6cc54)c4ccccc4n3)ccc2c1. The zero-order chi connectivity index (χ0) is 24.3. The third-order valence-electron chi connectivity index (χ3n) is 7.34. The molecule has 0 bridgehead atoms. The summed E-state index contributed by atoms with van der Waals surface area (Å²) in [5.74, 6) is 1.63. The molecule has 0 amide bonds. The zero-order valence-corrected chi connectivity index (χ0v) is 20.0. The molecule has 0 saturated heterocycles. The molecule has 0 aliphatic heterocycles. The first-order valence-corrected chi connectivity index (χ1v) is 12.5. The van der Waals surface area contributed by atoms with Gasteiger partial charge in [-0.1, -0.05) is 91.0 Å². The van der Waals surface area contributed by atoms with E-state index in [0.29, 0.717) is 0 Å². The second kappa shape index (κ2) is 7.74. The lowest BCUT2D eigenvalue weighted by atomic mass is 10.1. The van der Waals surface area contributed by atoms with Crippen LogP contribution in [0.4, 0.5) is 0 Å². The van der Waals surface area contributed by atoms with Crippen LogP contribution in [0.1, 0.15) is 0 Å². The average molecular weight is 472 g/mol. The standard InChI is InChI=1S/C34H21N3/c1-2-10-23-19-26(18-17-22(23)9-1)33-35-30-15-7-5-14-28(30)34(36-33)37-31-16-8-6-13-27(31)29-20-24-11-3-4-12-25(24)21-32(29)37/h1-21H. The molecule has 0 N–H and O–H groups in total. The Morgan fingerprint density at radius 2 is 1.08 bits per heavy atom. The molecule has 8 rings (SSSR count). The lowest BCUT2D eigenvalue weighted by molar-refractivity contribution is 1.08. The molecule has 0 radical (unpaired) electrons. The van der Waals surface area contributed by atoms with E-state index in [0.717, 1.165) is 39.1 Å². The zero-order valence-electron chi connectivity index (χ0n) is 20.0. The van der Waals surface area contributed by atoms with Crippen molar-refractivity contribution in [1.82, 2.24) is 14.5 Å². The molecule has 172 valence electrons. The molecular weight excluding hydrogens is 450 g/mol. The summed E-state index contributed by atoms with van der Waals surface area (Å²) in [7, 11) is 0. The molecule has 2 heterocycles. The molecule has 0 fully saturated rings. The lowest BCUT2D eigenvalue weighted by Crippen LogP contribution is -2.02. The number of nitrogens with zero attached hydrogens (tertiary/aromatic N) is 3. The molecule has 0 atom stereocenters. The van der Waals surface area contributed by atoms with E-state index in [9.17, 15) is 0 Å². The fourth-order valence-corrected chi connectivity index (χ4v) is 5.57. The molecular formula is C34H21N3. The van der Waals surface area contributed by atoms with Gasteiger partial charge in [0.25, 0.3) is 0 Å². The highest BCUT2D eigenvalue weighted by molar-refractivity contribution is 6.14. The van der Waals surface area contributed by atoms with E-state index in [4.69, 9.17) is 9.97 Å². The van der Waals surface area contributed by atoms with Gasteiger partial charge in [0.15, 0.2) is 5.82 Å². The van der Waals surface area contributed by atoms with E-state index in [1.807, 2.05) is 6.07 Å². The van der Waals surface area contributed by atoms with E-state index in [-0.39, 0.29) is 0 Å². The Kier molecular flexibility index (Phi) is 4.23. The molecule has 0 unspecified atom stereocenters.